The molecule has 9 heteroatoms. The maximum absolute atomic E-state index is 13.9. The van der Waals surface area contributed by atoms with Crippen molar-refractivity contribution in [1.82, 2.24) is 9.55 Å². The van der Waals surface area contributed by atoms with E-state index < -0.39 is 23.0 Å². The number of hydrogen-bond donors (Lipinski definition) is 1. The third-order valence-corrected chi connectivity index (χ3v) is 5.47. The summed E-state index contributed by atoms with van der Waals surface area (Å²) in [5, 5.41) is 3.06. The minimum absolute atomic E-state index is 0.0368. The first-order valence-corrected chi connectivity index (χ1v) is 10.2. The molecule has 0 spiro atoms. The number of halogens is 3. The van der Waals surface area contributed by atoms with Crippen molar-refractivity contribution in [1.29, 1.82) is 0 Å². The van der Waals surface area contributed by atoms with Gasteiger partial charge in [-0.2, -0.15) is 9.37 Å². The van der Waals surface area contributed by atoms with Gasteiger partial charge in [0.1, 0.15) is 11.6 Å². The predicted molar refractivity (Wildman–Crippen MR) is 112 cm³/mol. The molecule has 1 unspecified atom stereocenters. The van der Waals surface area contributed by atoms with Crippen LogP contribution in [-0.4, -0.2) is 20.9 Å². The standard InChI is InChI=1S/C21H17F3N4OS/c1-12-2-3-14(19-10-30-11-25-19)6-18(12)26-21-27-20(29)17(24)9-28(21)8-13-4-15(22)7-16(23)5-13/h2-7,9,11,19H,8,10H2,1H3,(H,26,27,29). The number of thioether (sulfide) groups is 1. The highest BCUT2D eigenvalue weighted by atomic mass is 32.2. The molecule has 0 fully saturated rings. The highest BCUT2D eigenvalue weighted by Gasteiger charge is 2.16. The average molecular weight is 430 g/mol. The van der Waals surface area contributed by atoms with Crippen LogP contribution in [0.15, 0.2) is 52.4 Å². The van der Waals surface area contributed by atoms with E-state index in [1.54, 1.807) is 11.8 Å². The third-order valence-electron chi connectivity index (χ3n) is 4.69. The quantitative estimate of drug-likeness (QED) is 0.644. The minimum Gasteiger partial charge on any atom is -0.325 e. The smallest absolute Gasteiger partial charge is 0.310 e. The van der Waals surface area contributed by atoms with Crippen molar-refractivity contribution < 1.29 is 13.2 Å². The Morgan fingerprint density at radius 1 is 1.17 bits per heavy atom. The highest BCUT2D eigenvalue weighted by molar-refractivity contribution is 8.12. The van der Waals surface area contributed by atoms with Gasteiger partial charge in [-0.15, -0.1) is 11.8 Å². The second-order valence-corrected chi connectivity index (χ2v) is 7.80. The second-order valence-electron chi connectivity index (χ2n) is 6.93. The number of hydrogen-bond acceptors (Lipinski definition) is 5. The molecule has 3 aromatic rings. The minimum atomic E-state index is -1.06. The Kier molecular flexibility index (Phi) is 5.63. The van der Waals surface area contributed by atoms with Gasteiger partial charge in [-0.3, -0.25) is 9.79 Å². The lowest BCUT2D eigenvalue weighted by Crippen LogP contribution is -2.20. The highest BCUT2D eigenvalue weighted by Crippen LogP contribution is 2.30. The first-order chi connectivity index (χ1) is 14.4. The summed E-state index contributed by atoms with van der Waals surface area (Å²) in [6.07, 6.45) is 0.970. The summed E-state index contributed by atoms with van der Waals surface area (Å²) in [6.45, 7) is 1.80. The molecule has 1 atom stereocenters. The lowest BCUT2D eigenvalue weighted by atomic mass is 10.1. The van der Waals surface area contributed by atoms with Gasteiger partial charge in [0.2, 0.25) is 11.8 Å². The molecule has 1 N–H and O–H groups in total. The van der Waals surface area contributed by atoms with Gasteiger partial charge < -0.3 is 9.88 Å². The molecule has 30 heavy (non-hydrogen) atoms. The van der Waals surface area contributed by atoms with Crippen LogP contribution in [0.25, 0.3) is 0 Å². The fourth-order valence-electron chi connectivity index (χ4n) is 3.16. The monoisotopic (exact) mass is 430 g/mol. The van der Waals surface area contributed by atoms with Crippen molar-refractivity contribution in [3.05, 3.63) is 87.1 Å². The van der Waals surface area contributed by atoms with Crippen molar-refractivity contribution in [2.24, 2.45) is 4.99 Å². The largest absolute Gasteiger partial charge is 0.325 e. The van der Waals surface area contributed by atoms with Crippen molar-refractivity contribution in [2.45, 2.75) is 19.5 Å². The first-order valence-electron chi connectivity index (χ1n) is 9.12. The Hall–Kier alpha value is -3.07. The van der Waals surface area contributed by atoms with Crippen LogP contribution in [0.4, 0.5) is 24.8 Å². The molecule has 154 valence electrons. The lowest BCUT2D eigenvalue weighted by molar-refractivity contribution is 0.568. The molecule has 5 nitrogen and oxygen atoms in total. The Morgan fingerprint density at radius 2 is 1.93 bits per heavy atom. The van der Waals surface area contributed by atoms with Crippen LogP contribution in [0.1, 0.15) is 22.7 Å². The number of benzene rings is 2. The number of aromatic nitrogens is 2. The van der Waals surface area contributed by atoms with E-state index in [4.69, 9.17) is 0 Å². The van der Waals surface area contributed by atoms with Crippen LogP contribution in [-0.2, 0) is 6.54 Å². The zero-order valence-corrected chi connectivity index (χ0v) is 16.7. The fourth-order valence-corrected chi connectivity index (χ4v) is 3.94. The second kappa shape index (κ2) is 8.35. The molecule has 0 bridgehead atoms. The van der Waals surface area contributed by atoms with E-state index >= 15 is 0 Å². The van der Waals surface area contributed by atoms with Gasteiger partial charge in [0, 0.05) is 23.7 Å². The SMILES string of the molecule is Cc1ccc(C2CSC=N2)cc1Nc1nc(=O)c(F)cn1Cc1cc(F)cc(F)c1. The normalized spacial score (nSPS) is 15.5. The molecule has 1 aliphatic rings. The Morgan fingerprint density at radius 3 is 2.63 bits per heavy atom. The maximum atomic E-state index is 13.9. The van der Waals surface area contributed by atoms with Crippen molar-refractivity contribution in [3.8, 4) is 0 Å². The van der Waals surface area contributed by atoms with Crippen LogP contribution >= 0.6 is 11.8 Å². The summed E-state index contributed by atoms with van der Waals surface area (Å²) < 4.78 is 42.3. The summed E-state index contributed by atoms with van der Waals surface area (Å²) >= 11 is 1.63. The number of nitrogens with zero attached hydrogens (tertiary/aromatic N) is 3. The van der Waals surface area contributed by atoms with Crippen LogP contribution in [0.2, 0.25) is 0 Å². The van der Waals surface area contributed by atoms with Gasteiger partial charge in [-0.1, -0.05) is 12.1 Å². The van der Waals surface area contributed by atoms with Crippen LogP contribution in [0.5, 0.6) is 0 Å². The van der Waals surface area contributed by atoms with Crippen LogP contribution in [0.3, 0.4) is 0 Å². The number of anilines is 2. The lowest BCUT2D eigenvalue weighted by Gasteiger charge is -2.17. The fraction of sp³-hybridized carbons (Fsp3) is 0.190. The summed E-state index contributed by atoms with van der Waals surface area (Å²) in [5.41, 5.74) is 3.61. The van der Waals surface area contributed by atoms with E-state index in [2.05, 4.69) is 15.3 Å². The van der Waals surface area contributed by atoms with E-state index in [1.807, 2.05) is 30.7 Å². The first kappa shape index (κ1) is 20.2. The molecular formula is C21H17F3N4OS. The molecule has 1 aliphatic heterocycles. The van der Waals surface area contributed by atoms with E-state index in [1.165, 1.54) is 4.57 Å². The van der Waals surface area contributed by atoms with Gasteiger partial charge in [0.05, 0.1) is 18.1 Å². The third kappa shape index (κ3) is 4.40. The van der Waals surface area contributed by atoms with E-state index in [0.717, 1.165) is 41.3 Å². The summed E-state index contributed by atoms with van der Waals surface area (Å²) in [6, 6.07) is 8.89. The van der Waals surface area contributed by atoms with Crippen molar-refractivity contribution in [2.75, 3.05) is 11.1 Å². The van der Waals surface area contributed by atoms with Crippen LogP contribution < -0.4 is 10.9 Å². The predicted octanol–water partition coefficient (Wildman–Crippen LogP) is 4.58. The number of rotatable bonds is 5. The summed E-state index contributed by atoms with van der Waals surface area (Å²) in [5.74, 6) is -1.64. The molecule has 0 aliphatic carbocycles. The Balaban J connectivity index is 1.70. The molecule has 2 aromatic carbocycles. The Bertz CT molecular complexity index is 1180. The maximum Gasteiger partial charge on any atom is 0.310 e. The van der Waals surface area contributed by atoms with Gasteiger partial charge in [0.25, 0.3) is 0 Å². The van der Waals surface area contributed by atoms with Crippen LogP contribution in [0, 0.1) is 24.4 Å². The molecule has 1 aromatic heterocycles. The molecule has 0 radical (unpaired) electrons. The molecule has 0 saturated carbocycles. The van der Waals surface area contributed by atoms with Crippen molar-refractivity contribution in [3.63, 3.8) is 0 Å². The number of aliphatic imine (C=N–C) groups is 1. The van der Waals surface area contributed by atoms with Gasteiger partial charge in [0.15, 0.2) is 0 Å². The molecule has 0 saturated heterocycles. The zero-order valence-electron chi connectivity index (χ0n) is 15.9. The molecule has 2 heterocycles. The van der Waals surface area contributed by atoms with Crippen molar-refractivity contribution >= 4 is 28.9 Å². The van der Waals surface area contributed by atoms with E-state index in [9.17, 15) is 18.0 Å². The van der Waals surface area contributed by atoms with E-state index in [-0.39, 0.29) is 24.1 Å². The van der Waals surface area contributed by atoms with Gasteiger partial charge in [-0.25, -0.2) is 8.78 Å². The van der Waals surface area contributed by atoms with Gasteiger partial charge >= 0.3 is 5.56 Å². The van der Waals surface area contributed by atoms with Gasteiger partial charge in [-0.05, 0) is 41.8 Å². The number of aryl methyl sites for hydroxylation is 1. The summed E-state index contributed by atoms with van der Waals surface area (Å²) in [7, 11) is 0. The Labute approximate surface area is 174 Å². The molecule has 4 rings (SSSR count). The number of nitrogens with one attached hydrogen (secondary N) is 1. The molecular weight excluding hydrogens is 413 g/mol. The average Bonchev–Trinajstić information content (AvgIpc) is 3.21. The topological polar surface area (TPSA) is 59.3 Å². The molecule has 0 amide bonds. The van der Waals surface area contributed by atoms with E-state index in [0.29, 0.717) is 5.69 Å². The zero-order chi connectivity index (χ0) is 21.3. The summed E-state index contributed by atoms with van der Waals surface area (Å²) in [4.78, 5) is 20.0.